The zero-order valence-corrected chi connectivity index (χ0v) is 19.1. The van der Waals surface area contributed by atoms with Crippen LogP contribution in [-0.4, -0.2) is 46.7 Å². The van der Waals surface area contributed by atoms with Gasteiger partial charge >= 0.3 is 6.18 Å². The number of rotatable bonds is 9. The summed E-state index contributed by atoms with van der Waals surface area (Å²) in [6, 6.07) is 10.7. The molecule has 7 nitrogen and oxygen atoms in total. The second-order valence-corrected chi connectivity index (χ2v) is 8.03. The van der Waals surface area contributed by atoms with E-state index >= 15 is 0 Å². The summed E-state index contributed by atoms with van der Waals surface area (Å²) in [4.78, 5) is 12.6. The van der Waals surface area contributed by atoms with Crippen molar-refractivity contribution >= 4 is 23.4 Å². The van der Waals surface area contributed by atoms with E-state index in [1.165, 1.54) is 13.2 Å². The third-order valence-electron chi connectivity index (χ3n) is 4.55. The summed E-state index contributed by atoms with van der Waals surface area (Å²) in [7, 11) is 1.48. The molecule has 0 fully saturated rings. The number of aromatic nitrogens is 3. The zero-order valence-electron chi connectivity index (χ0n) is 18.3. The largest absolute Gasteiger partial charge is 0.489 e. The monoisotopic (exact) mass is 480 g/mol. The maximum atomic E-state index is 13.2. The van der Waals surface area contributed by atoms with Crippen LogP contribution in [0.3, 0.4) is 0 Å². The van der Waals surface area contributed by atoms with Gasteiger partial charge in [0, 0.05) is 12.8 Å². The fraction of sp³-hybridized carbons (Fsp3) is 0.318. The number of amides is 1. The SMILES string of the molecule is COCCOc1ccc(C(F)(F)F)cc1NC(=O)CSc1nnc(C)n1-c1ccc(C)cc1. The number of anilines is 1. The van der Waals surface area contributed by atoms with Crippen molar-refractivity contribution in [2.45, 2.75) is 25.2 Å². The molecule has 0 unspecified atom stereocenters. The van der Waals surface area contributed by atoms with Crippen LogP contribution < -0.4 is 10.1 Å². The summed E-state index contributed by atoms with van der Waals surface area (Å²) in [5.41, 5.74) is 0.988. The third-order valence-corrected chi connectivity index (χ3v) is 5.47. The van der Waals surface area contributed by atoms with Crippen molar-refractivity contribution in [3.05, 3.63) is 59.4 Å². The van der Waals surface area contributed by atoms with Gasteiger partial charge in [0.05, 0.1) is 23.6 Å². The van der Waals surface area contributed by atoms with Gasteiger partial charge in [0.1, 0.15) is 18.2 Å². The van der Waals surface area contributed by atoms with Gasteiger partial charge in [-0.2, -0.15) is 13.2 Å². The minimum absolute atomic E-state index is 0.0669. The van der Waals surface area contributed by atoms with Crippen LogP contribution in [0.4, 0.5) is 18.9 Å². The fourth-order valence-electron chi connectivity index (χ4n) is 2.91. The van der Waals surface area contributed by atoms with Crippen molar-refractivity contribution in [3.8, 4) is 11.4 Å². The predicted octanol–water partition coefficient (Wildman–Crippen LogP) is 4.66. The van der Waals surface area contributed by atoms with Gasteiger partial charge in [0.2, 0.25) is 5.91 Å². The minimum atomic E-state index is -4.55. The molecule has 11 heteroatoms. The van der Waals surface area contributed by atoms with Crippen LogP contribution in [0, 0.1) is 13.8 Å². The van der Waals surface area contributed by atoms with Gasteiger partial charge in [0.15, 0.2) is 5.16 Å². The van der Waals surface area contributed by atoms with Gasteiger partial charge in [0.25, 0.3) is 0 Å². The van der Waals surface area contributed by atoms with E-state index in [4.69, 9.17) is 9.47 Å². The number of hydrogen-bond acceptors (Lipinski definition) is 6. The van der Waals surface area contributed by atoms with Crippen LogP contribution in [0.15, 0.2) is 47.6 Å². The van der Waals surface area contributed by atoms with Crippen LogP contribution in [0.2, 0.25) is 0 Å². The zero-order chi connectivity index (χ0) is 24.0. The summed E-state index contributed by atoms with van der Waals surface area (Å²) in [5, 5.41) is 11.2. The fourth-order valence-corrected chi connectivity index (χ4v) is 3.71. The Morgan fingerprint density at radius 3 is 2.48 bits per heavy atom. The molecular weight excluding hydrogens is 457 g/mol. The molecule has 0 aliphatic heterocycles. The number of halogens is 3. The molecule has 2 aromatic carbocycles. The van der Waals surface area contributed by atoms with Crippen LogP contribution in [0.25, 0.3) is 5.69 Å². The number of aryl methyl sites for hydroxylation is 2. The summed E-state index contributed by atoms with van der Waals surface area (Å²) < 4.78 is 51.6. The number of thioether (sulfide) groups is 1. The van der Waals surface area contributed by atoms with E-state index in [9.17, 15) is 18.0 Å². The first-order chi connectivity index (χ1) is 15.7. The van der Waals surface area contributed by atoms with Crippen molar-refractivity contribution in [1.29, 1.82) is 0 Å². The summed E-state index contributed by atoms with van der Waals surface area (Å²) in [6.07, 6.45) is -4.55. The van der Waals surface area contributed by atoms with E-state index < -0.39 is 17.6 Å². The maximum absolute atomic E-state index is 13.2. The van der Waals surface area contributed by atoms with Crippen LogP contribution >= 0.6 is 11.8 Å². The Labute approximate surface area is 193 Å². The molecular formula is C22H23F3N4O3S. The number of methoxy groups -OCH3 is 1. The lowest BCUT2D eigenvalue weighted by molar-refractivity contribution is -0.137. The molecule has 1 aromatic heterocycles. The van der Waals surface area contributed by atoms with Crippen molar-refractivity contribution in [3.63, 3.8) is 0 Å². The smallest absolute Gasteiger partial charge is 0.416 e. The summed E-state index contributed by atoms with van der Waals surface area (Å²) in [6.45, 7) is 4.14. The highest BCUT2D eigenvalue weighted by molar-refractivity contribution is 7.99. The molecule has 0 atom stereocenters. The Morgan fingerprint density at radius 2 is 1.82 bits per heavy atom. The highest BCUT2D eigenvalue weighted by Gasteiger charge is 2.31. The molecule has 3 rings (SSSR count). The first-order valence-corrected chi connectivity index (χ1v) is 10.9. The highest BCUT2D eigenvalue weighted by atomic mass is 32.2. The number of carbonyl (C=O) groups excluding carboxylic acids is 1. The Kier molecular flexibility index (Phi) is 7.98. The first-order valence-electron chi connectivity index (χ1n) is 9.93. The van der Waals surface area contributed by atoms with E-state index in [1.807, 2.05) is 31.2 Å². The molecule has 0 aliphatic rings. The van der Waals surface area contributed by atoms with Gasteiger partial charge in [-0.25, -0.2) is 0 Å². The molecule has 176 valence electrons. The van der Waals surface area contributed by atoms with Crippen LogP contribution in [0.5, 0.6) is 5.75 Å². The Bertz CT molecular complexity index is 1100. The van der Waals surface area contributed by atoms with Gasteiger partial charge in [-0.15, -0.1) is 10.2 Å². The molecule has 1 N–H and O–H groups in total. The van der Waals surface area contributed by atoms with E-state index in [0.717, 1.165) is 35.1 Å². The van der Waals surface area contributed by atoms with Gasteiger partial charge < -0.3 is 14.8 Å². The summed E-state index contributed by atoms with van der Waals surface area (Å²) in [5.74, 6) is 0.176. The van der Waals surface area contributed by atoms with Crippen molar-refractivity contribution in [2.75, 3.05) is 31.4 Å². The average Bonchev–Trinajstić information content (AvgIpc) is 3.13. The molecule has 0 saturated carbocycles. The number of alkyl halides is 3. The molecule has 33 heavy (non-hydrogen) atoms. The molecule has 0 saturated heterocycles. The Hall–Kier alpha value is -3.05. The van der Waals surface area contributed by atoms with Crippen molar-refractivity contribution in [2.24, 2.45) is 0 Å². The van der Waals surface area contributed by atoms with Crippen LogP contribution in [-0.2, 0) is 15.7 Å². The molecule has 0 spiro atoms. The average molecular weight is 481 g/mol. The molecule has 3 aromatic rings. The van der Waals surface area contributed by atoms with Crippen molar-refractivity contribution < 1.29 is 27.4 Å². The maximum Gasteiger partial charge on any atom is 0.416 e. The Morgan fingerprint density at radius 1 is 1.09 bits per heavy atom. The molecule has 1 amide bonds. The number of nitrogens with zero attached hydrogens (tertiary/aromatic N) is 3. The van der Waals surface area contributed by atoms with E-state index in [-0.39, 0.29) is 30.4 Å². The standard InChI is InChI=1S/C22H23F3N4O3S/c1-14-4-7-17(8-5-14)29-15(2)27-28-21(29)33-13-20(30)26-18-12-16(22(23,24)25)6-9-19(18)32-11-10-31-3/h4-9,12H,10-11,13H2,1-3H3,(H,26,30). The van der Waals surface area contributed by atoms with E-state index in [2.05, 4.69) is 15.5 Å². The lowest BCUT2D eigenvalue weighted by Gasteiger charge is -2.15. The number of hydrogen-bond donors (Lipinski definition) is 1. The number of benzene rings is 2. The number of ether oxygens (including phenoxy) is 2. The highest BCUT2D eigenvalue weighted by Crippen LogP contribution is 2.35. The quantitative estimate of drug-likeness (QED) is 0.355. The van der Waals surface area contributed by atoms with E-state index in [1.54, 1.807) is 11.5 Å². The lowest BCUT2D eigenvalue weighted by Crippen LogP contribution is -2.17. The second kappa shape index (κ2) is 10.7. The van der Waals surface area contributed by atoms with Crippen LogP contribution in [0.1, 0.15) is 17.0 Å². The normalized spacial score (nSPS) is 11.5. The van der Waals surface area contributed by atoms with Crippen molar-refractivity contribution in [1.82, 2.24) is 14.8 Å². The predicted molar refractivity (Wildman–Crippen MR) is 119 cm³/mol. The first kappa shape index (κ1) is 24.6. The number of nitrogens with one attached hydrogen (secondary N) is 1. The molecule has 0 radical (unpaired) electrons. The topological polar surface area (TPSA) is 78.3 Å². The molecule has 0 bridgehead atoms. The third kappa shape index (κ3) is 6.48. The van der Waals surface area contributed by atoms with Gasteiger partial charge in [-0.3, -0.25) is 9.36 Å². The van der Waals surface area contributed by atoms with E-state index in [0.29, 0.717) is 11.0 Å². The molecule has 0 aliphatic carbocycles. The minimum Gasteiger partial charge on any atom is -0.489 e. The number of carbonyl (C=O) groups is 1. The second-order valence-electron chi connectivity index (χ2n) is 7.09. The van der Waals surface area contributed by atoms with Gasteiger partial charge in [-0.05, 0) is 44.2 Å². The Balaban J connectivity index is 1.74. The van der Waals surface area contributed by atoms with Gasteiger partial charge in [-0.1, -0.05) is 29.5 Å². The lowest BCUT2D eigenvalue weighted by atomic mass is 10.1. The summed E-state index contributed by atoms with van der Waals surface area (Å²) >= 11 is 1.13. The molecule has 1 heterocycles.